The monoisotopic (exact) mass is 273 g/mol. The zero-order chi connectivity index (χ0) is 14.5. The molecule has 1 unspecified atom stereocenters. The van der Waals surface area contributed by atoms with Gasteiger partial charge in [-0.3, -0.25) is 19.7 Å². The quantitative estimate of drug-likeness (QED) is 0.512. The van der Waals surface area contributed by atoms with Gasteiger partial charge in [0, 0.05) is 6.42 Å². The topological polar surface area (TPSA) is 72.5 Å². The molecule has 1 heterocycles. The number of amides is 2. The van der Waals surface area contributed by atoms with Gasteiger partial charge < -0.3 is 4.74 Å². The SMILES string of the molecule is CCCC(=O)OC1C(=O)NC(=O)/C1=C/c1ccccc1. The predicted molar refractivity (Wildman–Crippen MR) is 72.4 cm³/mol. The lowest BCUT2D eigenvalue weighted by molar-refractivity contribution is -0.152. The molecule has 104 valence electrons. The molecule has 1 N–H and O–H groups in total. The van der Waals surface area contributed by atoms with Crippen LogP contribution in [-0.4, -0.2) is 23.9 Å². The molecule has 1 fully saturated rings. The van der Waals surface area contributed by atoms with Gasteiger partial charge in [-0.15, -0.1) is 0 Å². The van der Waals surface area contributed by atoms with E-state index in [9.17, 15) is 14.4 Å². The molecule has 5 heteroatoms. The molecular formula is C15H15NO4. The molecule has 1 aliphatic heterocycles. The molecule has 0 bridgehead atoms. The molecule has 0 radical (unpaired) electrons. The Morgan fingerprint density at radius 2 is 2.00 bits per heavy atom. The van der Waals surface area contributed by atoms with Gasteiger partial charge in [-0.05, 0) is 18.1 Å². The largest absolute Gasteiger partial charge is 0.447 e. The van der Waals surface area contributed by atoms with Crippen molar-refractivity contribution in [2.45, 2.75) is 25.9 Å². The second-order valence-electron chi connectivity index (χ2n) is 4.45. The molecule has 2 amide bonds. The first-order valence-electron chi connectivity index (χ1n) is 6.43. The molecule has 5 nitrogen and oxygen atoms in total. The van der Waals surface area contributed by atoms with Crippen molar-refractivity contribution in [3.63, 3.8) is 0 Å². The van der Waals surface area contributed by atoms with Crippen molar-refractivity contribution in [3.05, 3.63) is 41.5 Å². The van der Waals surface area contributed by atoms with Gasteiger partial charge in [0.05, 0.1) is 5.57 Å². The van der Waals surface area contributed by atoms with Crippen molar-refractivity contribution in [1.82, 2.24) is 5.32 Å². The Morgan fingerprint density at radius 3 is 2.65 bits per heavy atom. The maximum atomic E-state index is 11.7. The second kappa shape index (κ2) is 6.14. The summed E-state index contributed by atoms with van der Waals surface area (Å²) in [5, 5.41) is 2.16. The highest BCUT2D eigenvalue weighted by atomic mass is 16.5. The standard InChI is InChI=1S/C15H15NO4/c1-2-6-12(17)20-13-11(14(18)16-15(13)19)9-10-7-4-3-5-8-10/h3-5,7-9,13H,2,6H2,1H3,(H,16,18,19)/b11-9+. The van der Waals surface area contributed by atoms with Gasteiger partial charge in [0.15, 0.2) is 0 Å². The minimum absolute atomic E-state index is 0.158. The van der Waals surface area contributed by atoms with Gasteiger partial charge in [-0.25, -0.2) is 0 Å². The zero-order valence-corrected chi connectivity index (χ0v) is 11.1. The number of rotatable bonds is 4. The zero-order valence-electron chi connectivity index (χ0n) is 11.1. The maximum Gasteiger partial charge on any atom is 0.306 e. The highest BCUT2D eigenvalue weighted by Crippen LogP contribution is 2.19. The van der Waals surface area contributed by atoms with E-state index in [2.05, 4.69) is 5.32 Å². The number of ether oxygens (including phenoxy) is 1. The third-order valence-electron chi connectivity index (χ3n) is 2.84. The first kappa shape index (κ1) is 14.0. The minimum Gasteiger partial charge on any atom is -0.447 e. The molecule has 20 heavy (non-hydrogen) atoms. The Bertz CT molecular complexity index is 562. The molecule has 0 aromatic heterocycles. The van der Waals surface area contributed by atoms with Crippen LogP contribution in [0, 0.1) is 0 Å². The molecular weight excluding hydrogens is 258 g/mol. The van der Waals surface area contributed by atoms with Gasteiger partial charge in [0.2, 0.25) is 6.10 Å². The maximum absolute atomic E-state index is 11.7. The minimum atomic E-state index is -1.15. The van der Waals surface area contributed by atoms with E-state index in [1.165, 1.54) is 0 Å². The first-order valence-corrected chi connectivity index (χ1v) is 6.43. The first-order chi connectivity index (χ1) is 9.61. The summed E-state index contributed by atoms with van der Waals surface area (Å²) < 4.78 is 5.08. The number of nitrogens with one attached hydrogen (secondary N) is 1. The molecule has 0 saturated carbocycles. The number of imide groups is 1. The van der Waals surface area contributed by atoms with Crippen LogP contribution in [0.4, 0.5) is 0 Å². The Morgan fingerprint density at radius 1 is 1.30 bits per heavy atom. The average molecular weight is 273 g/mol. The lowest BCUT2D eigenvalue weighted by Crippen LogP contribution is -2.28. The highest BCUT2D eigenvalue weighted by molar-refractivity contribution is 6.19. The van der Waals surface area contributed by atoms with Crippen molar-refractivity contribution >= 4 is 23.9 Å². The second-order valence-corrected chi connectivity index (χ2v) is 4.45. The van der Waals surface area contributed by atoms with Crippen LogP contribution < -0.4 is 5.32 Å². The lowest BCUT2D eigenvalue weighted by Gasteiger charge is -2.10. The molecule has 1 aliphatic rings. The van der Waals surface area contributed by atoms with Crippen molar-refractivity contribution in [3.8, 4) is 0 Å². The van der Waals surface area contributed by atoms with Gasteiger partial charge in [-0.1, -0.05) is 37.3 Å². The van der Waals surface area contributed by atoms with E-state index in [-0.39, 0.29) is 12.0 Å². The number of esters is 1. The molecule has 0 aliphatic carbocycles. The summed E-state index contributed by atoms with van der Waals surface area (Å²) in [6.45, 7) is 1.84. The Balaban J connectivity index is 2.24. The van der Waals surface area contributed by atoms with Crippen molar-refractivity contribution < 1.29 is 19.1 Å². The lowest BCUT2D eigenvalue weighted by atomic mass is 10.1. The summed E-state index contributed by atoms with van der Waals surface area (Å²) in [5.41, 5.74) is 0.926. The van der Waals surface area contributed by atoms with E-state index in [1.54, 1.807) is 18.2 Å². The van der Waals surface area contributed by atoms with E-state index >= 15 is 0 Å². The van der Waals surface area contributed by atoms with E-state index in [0.717, 1.165) is 5.56 Å². The third-order valence-corrected chi connectivity index (χ3v) is 2.84. The predicted octanol–water partition coefficient (Wildman–Crippen LogP) is 1.44. The Labute approximate surface area is 116 Å². The summed E-state index contributed by atoms with van der Waals surface area (Å²) in [5.74, 6) is -1.60. The summed E-state index contributed by atoms with van der Waals surface area (Å²) in [6, 6.07) is 9.08. The Kier molecular flexibility index (Phi) is 4.30. The fraction of sp³-hybridized carbons (Fsp3) is 0.267. The third kappa shape index (κ3) is 3.12. The molecule has 1 aromatic carbocycles. The van der Waals surface area contributed by atoms with Crippen LogP contribution in [0.1, 0.15) is 25.3 Å². The summed E-state index contributed by atoms with van der Waals surface area (Å²) >= 11 is 0. The van der Waals surface area contributed by atoms with E-state index in [4.69, 9.17) is 4.74 Å². The smallest absolute Gasteiger partial charge is 0.306 e. The van der Waals surface area contributed by atoms with Gasteiger partial charge in [0.1, 0.15) is 0 Å². The summed E-state index contributed by atoms with van der Waals surface area (Å²) in [4.78, 5) is 34.9. The van der Waals surface area contributed by atoms with Crippen LogP contribution in [0.2, 0.25) is 0 Å². The molecule has 1 saturated heterocycles. The number of hydrogen-bond donors (Lipinski definition) is 1. The summed E-state index contributed by atoms with van der Waals surface area (Å²) in [7, 11) is 0. The van der Waals surface area contributed by atoms with Crippen molar-refractivity contribution in [2.75, 3.05) is 0 Å². The molecule has 0 spiro atoms. The number of carbonyl (C=O) groups is 3. The van der Waals surface area contributed by atoms with Crippen LogP contribution >= 0.6 is 0 Å². The Hall–Kier alpha value is -2.43. The van der Waals surface area contributed by atoms with Gasteiger partial charge in [0.25, 0.3) is 11.8 Å². The van der Waals surface area contributed by atoms with E-state index in [0.29, 0.717) is 6.42 Å². The normalized spacial score (nSPS) is 20.1. The molecule has 1 atom stereocenters. The highest BCUT2D eigenvalue weighted by Gasteiger charge is 2.39. The van der Waals surface area contributed by atoms with Crippen molar-refractivity contribution in [1.29, 1.82) is 0 Å². The van der Waals surface area contributed by atoms with Crippen LogP contribution in [0.3, 0.4) is 0 Å². The van der Waals surface area contributed by atoms with Crippen LogP contribution in [0.15, 0.2) is 35.9 Å². The number of carbonyl (C=O) groups excluding carboxylic acids is 3. The van der Waals surface area contributed by atoms with Crippen LogP contribution in [0.5, 0.6) is 0 Å². The van der Waals surface area contributed by atoms with Crippen LogP contribution in [-0.2, 0) is 19.1 Å². The fourth-order valence-corrected chi connectivity index (χ4v) is 1.89. The fourth-order valence-electron chi connectivity index (χ4n) is 1.89. The number of benzene rings is 1. The number of hydrogen-bond acceptors (Lipinski definition) is 4. The van der Waals surface area contributed by atoms with Crippen molar-refractivity contribution in [2.24, 2.45) is 0 Å². The molecule has 2 rings (SSSR count). The van der Waals surface area contributed by atoms with Gasteiger partial charge in [-0.2, -0.15) is 0 Å². The van der Waals surface area contributed by atoms with E-state index < -0.39 is 23.9 Å². The average Bonchev–Trinajstić information content (AvgIpc) is 2.67. The molecule has 1 aromatic rings. The summed E-state index contributed by atoms with van der Waals surface area (Å²) in [6.07, 6.45) is 1.25. The van der Waals surface area contributed by atoms with Gasteiger partial charge >= 0.3 is 5.97 Å². The van der Waals surface area contributed by atoms with Crippen LogP contribution in [0.25, 0.3) is 6.08 Å². The van der Waals surface area contributed by atoms with E-state index in [1.807, 2.05) is 25.1 Å².